The fourth-order valence-electron chi connectivity index (χ4n) is 2.42. The van der Waals surface area contributed by atoms with Gasteiger partial charge in [-0.1, -0.05) is 19.1 Å². The van der Waals surface area contributed by atoms with Crippen molar-refractivity contribution in [1.82, 2.24) is 15.1 Å². The molecule has 0 spiro atoms. The van der Waals surface area contributed by atoms with E-state index in [0.29, 0.717) is 0 Å². The maximum atomic E-state index is 4.70. The van der Waals surface area contributed by atoms with Crippen LogP contribution in [0, 0.1) is 6.92 Å². The number of aryl methyl sites for hydroxylation is 1. The van der Waals surface area contributed by atoms with Gasteiger partial charge in [0, 0.05) is 18.7 Å². The Bertz CT molecular complexity index is 567. The third-order valence-corrected chi connectivity index (χ3v) is 3.69. The van der Waals surface area contributed by atoms with Gasteiger partial charge in [-0.3, -0.25) is 0 Å². The van der Waals surface area contributed by atoms with Crippen LogP contribution in [0.15, 0.2) is 30.5 Å². The molecule has 0 bridgehead atoms. The Labute approximate surface area is 114 Å². The van der Waals surface area contributed by atoms with E-state index in [9.17, 15) is 0 Å². The summed E-state index contributed by atoms with van der Waals surface area (Å²) in [6.45, 7) is 6.22. The largest absolute Gasteiger partial charge is 0.313 e. The molecule has 0 aliphatic heterocycles. The Kier molecular flexibility index (Phi) is 3.38. The van der Waals surface area contributed by atoms with Crippen LogP contribution in [0.1, 0.15) is 42.5 Å². The molecule has 0 radical (unpaired) electrons. The summed E-state index contributed by atoms with van der Waals surface area (Å²) in [5, 5.41) is 8.05. The zero-order valence-corrected chi connectivity index (χ0v) is 11.7. The third kappa shape index (κ3) is 2.71. The van der Waals surface area contributed by atoms with Crippen molar-refractivity contribution in [2.75, 3.05) is 6.54 Å². The number of benzene rings is 1. The lowest BCUT2D eigenvalue weighted by Crippen LogP contribution is -2.12. The van der Waals surface area contributed by atoms with Crippen LogP contribution < -0.4 is 5.32 Å². The van der Waals surface area contributed by atoms with Crippen LogP contribution in [-0.2, 0) is 6.54 Å². The molecule has 100 valence electrons. The number of nitrogens with zero attached hydrogens (tertiary/aromatic N) is 2. The SMILES string of the molecule is CCNCc1ccc(-n2ccc(C3CC3)n2)c(C)c1. The van der Waals surface area contributed by atoms with Crippen molar-refractivity contribution < 1.29 is 0 Å². The van der Waals surface area contributed by atoms with Gasteiger partial charge >= 0.3 is 0 Å². The van der Waals surface area contributed by atoms with Crippen LogP contribution in [0.3, 0.4) is 0 Å². The lowest BCUT2D eigenvalue weighted by molar-refractivity contribution is 0.725. The third-order valence-electron chi connectivity index (χ3n) is 3.69. The Morgan fingerprint density at radius 3 is 2.84 bits per heavy atom. The molecule has 2 aromatic rings. The molecule has 1 saturated carbocycles. The number of rotatable bonds is 5. The molecule has 0 amide bonds. The second kappa shape index (κ2) is 5.17. The average molecular weight is 255 g/mol. The molecule has 1 aromatic carbocycles. The van der Waals surface area contributed by atoms with E-state index in [0.717, 1.165) is 19.0 Å². The highest BCUT2D eigenvalue weighted by Crippen LogP contribution is 2.39. The first-order valence-corrected chi connectivity index (χ1v) is 7.14. The number of hydrogen-bond donors (Lipinski definition) is 1. The Morgan fingerprint density at radius 2 is 2.16 bits per heavy atom. The summed E-state index contributed by atoms with van der Waals surface area (Å²) in [6, 6.07) is 8.76. The molecule has 1 fully saturated rings. The fraction of sp³-hybridized carbons (Fsp3) is 0.438. The first-order valence-electron chi connectivity index (χ1n) is 7.14. The van der Waals surface area contributed by atoms with Crippen LogP contribution in [0.4, 0.5) is 0 Å². The van der Waals surface area contributed by atoms with Crippen LogP contribution in [-0.4, -0.2) is 16.3 Å². The number of aromatic nitrogens is 2. The average Bonchev–Trinajstić information content (AvgIpc) is 3.15. The summed E-state index contributed by atoms with van der Waals surface area (Å²) in [7, 11) is 0. The van der Waals surface area contributed by atoms with E-state index >= 15 is 0 Å². The molecular formula is C16H21N3. The van der Waals surface area contributed by atoms with Crippen LogP contribution in [0.25, 0.3) is 5.69 Å². The first kappa shape index (κ1) is 12.4. The topological polar surface area (TPSA) is 29.9 Å². The minimum atomic E-state index is 0.717. The van der Waals surface area contributed by atoms with Crippen molar-refractivity contribution >= 4 is 0 Å². The van der Waals surface area contributed by atoms with Crippen molar-refractivity contribution in [2.24, 2.45) is 0 Å². The van der Waals surface area contributed by atoms with Gasteiger partial charge < -0.3 is 5.32 Å². The molecule has 0 atom stereocenters. The lowest BCUT2D eigenvalue weighted by atomic mass is 10.1. The first-order chi connectivity index (χ1) is 9.28. The summed E-state index contributed by atoms with van der Waals surface area (Å²) in [5.74, 6) is 0.717. The molecule has 1 aromatic heterocycles. The Balaban J connectivity index is 1.82. The minimum Gasteiger partial charge on any atom is -0.313 e. The van der Waals surface area contributed by atoms with Gasteiger partial charge in [0.1, 0.15) is 0 Å². The molecular weight excluding hydrogens is 234 g/mol. The maximum Gasteiger partial charge on any atom is 0.0675 e. The predicted octanol–water partition coefficient (Wildman–Crippen LogP) is 3.17. The van der Waals surface area contributed by atoms with E-state index in [1.54, 1.807) is 0 Å². The molecule has 1 N–H and O–H groups in total. The summed E-state index contributed by atoms with van der Waals surface area (Å²) < 4.78 is 2.01. The summed E-state index contributed by atoms with van der Waals surface area (Å²) in [6.07, 6.45) is 4.69. The molecule has 19 heavy (non-hydrogen) atoms. The Hall–Kier alpha value is -1.61. The highest BCUT2D eigenvalue weighted by molar-refractivity contribution is 5.42. The van der Waals surface area contributed by atoms with Gasteiger partial charge in [-0.25, -0.2) is 4.68 Å². The van der Waals surface area contributed by atoms with Crippen molar-refractivity contribution in [2.45, 2.75) is 39.2 Å². The van der Waals surface area contributed by atoms with Crippen LogP contribution in [0.5, 0.6) is 0 Å². The van der Waals surface area contributed by atoms with Gasteiger partial charge in [-0.05, 0) is 49.6 Å². The standard InChI is InChI=1S/C16H21N3/c1-3-17-11-13-4-7-16(12(2)10-13)19-9-8-15(18-19)14-5-6-14/h4,7-10,14,17H,3,5-6,11H2,1-2H3. The lowest BCUT2D eigenvalue weighted by Gasteiger charge is -2.09. The predicted molar refractivity (Wildman–Crippen MR) is 77.7 cm³/mol. The fourth-order valence-corrected chi connectivity index (χ4v) is 2.42. The second-order valence-corrected chi connectivity index (χ2v) is 5.36. The molecule has 1 aliphatic rings. The highest BCUT2D eigenvalue weighted by Gasteiger charge is 2.25. The monoisotopic (exact) mass is 255 g/mol. The van der Waals surface area contributed by atoms with E-state index in [1.807, 2.05) is 4.68 Å². The molecule has 1 heterocycles. The van der Waals surface area contributed by atoms with Crippen molar-refractivity contribution in [3.05, 3.63) is 47.3 Å². The zero-order valence-electron chi connectivity index (χ0n) is 11.7. The molecule has 3 nitrogen and oxygen atoms in total. The quantitative estimate of drug-likeness (QED) is 0.889. The number of hydrogen-bond acceptors (Lipinski definition) is 2. The maximum absolute atomic E-state index is 4.70. The van der Waals surface area contributed by atoms with Gasteiger partial charge in [0.05, 0.1) is 11.4 Å². The minimum absolute atomic E-state index is 0.717. The van der Waals surface area contributed by atoms with E-state index < -0.39 is 0 Å². The van der Waals surface area contributed by atoms with Crippen molar-refractivity contribution in [3.8, 4) is 5.69 Å². The molecule has 0 unspecified atom stereocenters. The second-order valence-electron chi connectivity index (χ2n) is 5.36. The summed E-state index contributed by atoms with van der Waals surface area (Å²) in [5.41, 5.74) is 5.04. The molecule has 0 saturated heterocycles. The van der Waals surface area contributed by atoms with Crippen molar-refractivity contribution in [3.63, 3.8) is 0 Å². The molecule has 3 rings (SSSR count). The van der Waals surface area contributed by atoms with Crippen LogP contribution >= 0.6 is 0 Å². The van der Waals surface area contributed by atoms with Gasteiger partial charge in [-0.15, -0.1) is 0 Å². The highest BCUT2D eigenvalue weighted by atomic mass is 15.3. The normalized spacial score (nSPS) is 14.8. The van der Waals surface area contributed by atoms with Gasteiger partial charge in [0.15, 0.2) is 0 Å². The molecule has 1 aliphatic carbocycles. The zero-order chi connectivity index (χ0) is 13.2. The van der Waals surface area contributed by atoms with Crippen molar-refractivity contribution in [1.29, 1.82) is 0 Å². The summed E-state index contributed by atoms with van der Waals surface area (Å²) in [4.78, 5) is 0. The van der Waals surface area contributed by atoms with E-state index in [1.165, 1.54) is 35.3 Å². The van der Waals surface area contributed by atoms with E-state index in [-0.39, 0.29) is 0 Å². The van der Waals surface area contributed by atoms with E-state index in [4.69, 9.17) is 5.10 Å². The van der Waals surface area contributed by atoms with Crippen LogP contribution in [0.2, 0.25) is 0 Å². The van der Waals surface area contributed by atoms with Gasteiger partial charge in [0.25, 0.3) is 0 Å². The van der Waals surface area contributed by atoms with Gasteiger partial charge in [0.2, 0.25) is 0 Å². The molecule has 3 heteroatoms. The summed E-state index contributed by atoms with van der Waals surface area (Å²) >= 11 is 0. The smallest absolute Gasteiger partial charge is 0.0675 e. The van der Waals surface area contributed by atoms with Gasteiger partial charge in [-0.2, -0.15) is 5.10 Å². The Morgan fingerprint density at radius 1 is 1.32 bits per heavy atom. The number of nitrogens with one attached hydrogen (secondary N) is 1. The van der Waals surface area contributed by atoms with E-state index in [2.05, 4.69) is 49.6 Å².